The fourth-order valence-corrected chi connectivity index (χ4v) is 5.49. The van der Waals surface area contributed by atoms with Crippen molar-refractivity contribution in [2.24, 2.45) is 47.3 Å². The fourth-order valence-electron chi connectivity index (χ4n) is 5.49. The third-order valence-corrected chi connectivity index (χ3v) is 8.99. The van der Waals surface area contributed by atoms with E-state index >= 15 is 0 Å². The molecule has 9 N–H and O–H groups in total. The van der Waals surface area contributed by atoms with Gasteiger partial charge in [-0.3, -0.25) is 70.1 Å². The number of halogens is 1. The Morgan fingerprint density at radius 2 is 1.14 bits per heavy atom. The van der Waals surface area contributed by atoms with Gasteiger partial charge in [-0.15, -0.1) is 0 Å². The van der Waals surface area contributed by atoms with Gasteiger partial charge in [0.15, 0.2) is 0 Å². The number of aromatic nitrogens is 6. The number of carboxylic acids is 2. The van der Waals surface area contributed by atoms with Crippen molar-refractivity contribution in [2.75, 3.05) is 31.0 Å². The molecule has 1 fully saturated rings. The van der Waals surface area contributed by atoms with Gasteiger partial charge < -0.3 is 37.3 Å². The number of fused-ring (bicyclic) bond motifs is 1. The summed E-state index contributed by atoms with van der Waals surface area (Å²) in [6.45, 7) is 1.93. The van der Waals surface area contributed by atoms with Gasteiger partial charge >= 0.3 is 40.9 Å². The Morgan fingerprint density at radius 1 is 0.703 bits per heavy atom. The number of rotatable bonds is 10. The Balaban J connectivity index is 0.000000839. The minimum Gasteiger partial charge on any atom is -0.481 e. The summed E-state index contributed by atoms with van der Waals surface area (Å²) in [5.41, 5.74) is 14.7. The maximum Gasteiger partial charge on any atom is 0.332 e. The number of ether oxygens (including phenoxy) is 1. The van der Waals surface area contributed by atoms with E-state index in [2.05, 4.69) is 9.73 Å². The van der Waals surface area contributed by atoms with Crippen LogP contribution in [0.15, 0.2) is 33.8 Å². The molecule has 0 saturated carbocycles. The lowest BCUT2D eigenvalue weighted by Gasteiger charge is -2.10. The lowest BCUT2D eigenvalue weighted by Crippen LogP contribution is -2.40. The number of alkyl halides is 1. The highest BCUT2D eigenvalue weighted by molar-refractivity contribution is 5.93. The number of aliphatic imine (C=N–C) groups is 1. The molecule has 0 radical (unpaired) electrons. The van der Waals surface area contributed by atoms with Crippen LogP contribution in [0.1, 0.15) is 77.2 Å². The first-order valence-electron chi connectivity index (χ1n) is 19.8. The van der Waals surface area contributed by atoms with E-state index < -0.39 is 47.3 Å². The molecule has 0 aromatic carbocycles. The molecular formula is C38H57FN10O15. The zero-order valence-electron chi connectivity index (χ0n) is 37.7. The molecule has 3 aromatic heterocycles. The number of Topliss-reactive ketones (excluding diaryl/α,β-unsaturated/α-hetero) is 1. The number of cyclic esters (lactones) is 2. The SMILES string of the molecule is CCO.Cn1c(N)c(CC(=O)CCCC(=O)O)c(=O)n(C)c1=O.Cn1c(N)c(N)c(=O)n(C)c1=O.Cn1c2c(c(=O)n(C)c1=O)CC(CCCC(=O)O)=N2.O=C1CCCC(=O)O1.[2H]CF. The maximum absolute atomic E-state index is 11.9. The molecule has 5 rings (SSSR count). The zero-order chi connectivity index (χ0) is 50.5. The fraction of sp³-hybridized carbons (Fsp3) is 0.526. The highest BCUT2D eigenvalue weighted by Gasteiger charge is 2.23. The van der Waals surface area contributed by atoms with Crippen LogP contribution in [-0.4, -0.2) is 91.9 Å². The number of nitrogens with zero attached hydrogens (tertiary/aromatic N) is 7. The van der Waals surface area contributed by atoms with Crippen molar-refractivity contribution in [2.45, 2.75) is 77.6 Å². The number of carboxylic acid groups (broad SMARTS) is 2. The van der Waals surface area contributed by atoms with E-state index in [1.54, 1.807) is 14.0 Å². The minimum atomic E-state index is -1.00. The second-order valence-electron chi connectivity index (χ2n) is 13.7. The summed E-state index contributed by atoms with van der Waals surface area (Å²) >= 11 is 0. The predicted molar refractivity (Wildman–Crippen MR) is 231 cm³/mol. The number of esters is 2. The number of hydrogen-bond donors (Lipinski definition) is 6. The second kappa shape index (κ2) is 26.9. The lowest BCUT2D eigenvalue weighted by atomic mass is 10.1. The number of hydrogen-bond acceptors (Lipinski definition) is 17. The van der Waals surface area contributed by atoms with Gasteiger partial charge in [0.25, 0.3) is 16.7 Å². The summed E-state index contributed by atoms with van der Waals surface area (Å²) in [7, 11) is 7.53. The normalized spacial score (nSPS) is 12.3. The van der Waals surface area contributed by atoms with E-state index in [4.69, 9.17) is 33.9 Å². The lowest BCUT2D eigenvalue weighted by molar-refractivity contribution is -0.163. The molecule has 0 atom stereocenters. The van der Waals surface area contributed by atoms with Crippen LogP contribution in [0.3, 0.4) is 0 Å². The standard InChI is InChI=1S/C12H17N3O5.C12H15N3O4.C6H10N4O2.C5H6O3.C2H6O.CH3F/c1-14-10(13)8(11(19)15(2)12(14)20)6-7(16)4-3-5-9(17)18;1-14-10-8(11(18)15(2)12(14)19)6-7(13-10)4-3-5-9(16)17;1-9-4(8)3(7)5(11)10(2)6(9)12;6-4-2-1-3-5(7)8-4;1-2-3;1-2/h3-6,13H2,1-2H3,(H,17,18);3-6H2,1-2H3,(H,16,17);7-8H2,1-2H3;1-3H2;3H,2H2,1H3;1H3/i;;;;;1D. The first-order valence-corrected chi connectivity index (χ1v) is 19.1. The summed E-state index contributed by atoms with van der Waals surface area (Å²) in [5.74, 6) is -2.52. The van der Waals surface area contributed by atoms with Crippen LogP contribution in [0.25, 0.3) is 0 Å². The van der Waals surface area contributed by atoms with E-state index in [1.165, 1.54) is 39.8 Å². The molecule has 0 bridgehead atoms. The number of carbonyl (C=O) groups is 5. The van der Waals surface area contributed by atoms with Crippen molar-refractivity contribution in [3.63, 3.8) is 0 Å². The van der Waals surface area contributed by atoms with E-state index in [-0.39, 0.29) is 84.9 Å². The Kier molecular flexibility index (Phi) is 23.1. The summed E-state index contributed by atoms with van der Waals surface area (Å²) in [6.07, 6.45) is 2.88. The zero-order valence-corrected chi connectivity index (χ0v) is 36.7. The number of aliphatic carboxylic acids is 2. The summed E-state index contributed by atoms with van der Waals surface area (Å²) in [4.78, 5) is 127. The first-order chi connectivity index (χ1) is 30.2. The van der Waals surface area contributed by atoms with Crippen LogP contribution in [0.4, 0.5) is 27.5 Å². The average Bonchev–Trinajstić information content (AvgIpc) is 3.68. The van der Waals surface area contributed by atoms with Crippen molar-refractivity contribution in [3.8, 4) is 0 Å². The molecule has 0 amide bonds. The summed E-state index contributed by atoms with van der Waals surface area (Å²) in [6, 6.07) is 0. The largest absolute Gasteiger partial charge is 0.481 e. The van der Waals surface area contributed by atoms with E-state index in [9.17, 15) is 57.1 Å². The number of carbonyl (C=O) groups excluding carboxylic acids is 3. The third-order valence-electron chi connectivity index (χ3n) is 8.99. The maximum atomic E-state index is 11.9. The first kappa shape index (κ1) is 54.8. The van der Waals surface area contributed by atoms with Crippen LogP contribution in [0.5, 0.6) is 0 Å². The molecule has 2 aliphatic heterocycles. The van der Waals surface area contributed by atoms with Gasteiger partial charge in [0.2, 0.25) is 0 Å². The van der Waals surface area contributed by atoms with Gasteiger partial charge in [0.1, 0.15) is 28.9 Å². The molecule has 25 nitrogen and oxygen atoms in total. The number of aliphatic hydroxyl groups excluding tert-OH is 1. The molecule has 3 aromatic rings. The average molecular weight is 914 g/mol. The second-order valence-corrected chi connectivity index (χ2v) is 13.7. The highest BCUT2D eigenvalue weighted by Crippen LogP contribution is 2.23. The monoisotopic (exact) mass is 913 g/mol. The van der Waals surface area contributed by atoms with Crippen molar-refractivity contribution in [1.82, 2.24) is 27.4 Å². The van der Waals surface area contributed by atoms with Gasteiger partial charge in [-0.2, -0.15) is 0 Å². The van der Waals surface area contributed by atoms with Crippen LogP contribution in [0, 0.1) is 0 Å². The minimum absolute atomic E-state index is 0.00287. The Bertz CT molecular complexity index is 2550. The number of nitrogens with two attached hydrogens (primary N) is 3. The molecule has 0 aliphatic carbocycles. The third kappa shape index (κ3) is 16.2. The van der Waals surface area contributed by atoms with Gasteiger partial charge in [-0.25, -0.2) is 19.4 Å². The molecule has 26 heteroatoms. The smallest absolute Gasteiger partial charge is 0.332 e. The highest BCUT2D eigenvalue weighted by atomic mass is 19.1. The van der Waals surface area contributed by atoms with Crippen molar-refractivity contribution in [3.05, 3.63) is 73.6 Å². The molecular weight excluding hydrogens is 855 g/mol. The van der Waals surface area contributed by atoms with Crippen molar-refractivity contribution >= 4 is 58.5 Å². The molecule has 64 heavy (non-hydrogen) atoms. The molecule has 0 spiro atoms. The van der Waals surface area contributed by atoms with Crippen molar-refractivity contribution in [1.29, 1.82) is 0 Å². The number of ketones is 1. The summed E-state index contributed by atoms with van der Waals surface area (Å²) in [5, 5.41) is 24.6. The molecule has 356 valence electrons. The Labute approximate surface area is 364 Å². The Morgan fingerprint density at radius 3 is 1.61 bits per heavy atom. The van der Waals surface area contributed by atoms with Gasteiger partial charge in [-0.1, -0.05) is 0 Å². The van der Waals surface area contributed by atoms with Crippen LogP contribution in [0.2, 0.25) is 0 Å². The summed E-state index contributed by atoms with van der Waals surface area (Å²) < 4.78 is 26.1. The molecule has 5 heterocycles. The molecule has 2 aliphatic rings. The topological polar surface area (TPSA) is 378 Å². The Hall–Kier alpha value is -7.25. The van der Waals surface area contributed by atoms with Crippen LogP contribution >= 0.6 is 0 Å². The number of anilines is 3. The van der Waals surface area contributed by atoms with Gasteiger partial charge in [0, 0.05) is 99.6 Å². The van der Waals surface area contributed by atoms with E-state index in [0.29, 0.717) is 49.9 Å². The van der Waals surface area contributed by atoms with Gasteiger partial charge in [0.05, 0.1) is 19.7 Å². The molecule has 0 unspecified atom stereocenters. The van der Waals surface area contributed by atoms with E-state index in [0.717, 1.165) is 28.5 Å². The number of nitrogen functional groups attached to an aromatic ring is 3. The van der Waals surface area contributed by atoms with E-state index in [1.807, 2.05) is 0 Å². The quantitative estimate of drug-likeness (QED) is 0.0953. The van der Waals surface area contributed by atoms with Gasteiger partial charge in [-0.05, 0) is 32.6 Å². The predicted octanol–water partition coefficient (Wildman–Crippen LogP) is -1.93. The molecule has 1 saturated heterocycles. The van der Waals surface area contributed by atoms with Crippen LogP contribution in [-0.2, 0) is 83.8 Å². The van der Waals surface area contributed by atoms with Crippen LogP contribution < -0.4 is 50.9 Å². The van der Waals surface area contributed by atoms with Crippen molar-refractivity contribution < 1.29 is 49.8 Å². The number of aliphatic hydroxyl groups is 1.